The highest BCUT2D eigenvalue weighted by Crippen LogP contribution is 2.33. The van der Waals surface area contributed by atoms with Gasteiger partial charge in [-0.05, 0) is 25.7 Å². The van der Waals surface area contributed by atoms with Crippen molar-refractivity contribution in [1.29, 1.82) is 0 Å². The summed E-state index contributed by atoms with van der Waals surface area (Å²) in [5, 5.41) is 3.16. The minimum Gasteiger partial charge on any atom is -0.383 e. The van der Waals surface area contributed by atoms with Crippen molar-refractivity contribution in [2.75, 3.05) is 52.3 Å². The highest BCUT2D eigenvalue weighted by Gasteiger charge is 2.34. The number of ether oxygens (including phenoxy) is 1. The number of piperidine rings is 1. The van der Waals surface area contributed by atoms with Crippen LogP contribution in [0.25, 0.3) is 0 Å². The van der Waals surface area contributed by atoms with E-state index in [-0.39, 0.29) is 23.7 Å². The molecule has 8 heteroatoms. The molecule has 2 saturated heterocycles. The zero-order valence-electron chi connectivity index (χ0n) is 18.8. The Kier molecular flexibility index (Phi) is 7.05. The summed E-state index contributed by atoms with van der Waals surface area (Å²) in [5.74, 6) is 2.73. The maximum absolute atomic E-state index is 12.7. The molecule has 170 valence electrons. The Labute approximate surface area is 184 Å². The van der Waals surface area contributed by atoms with E-state index in [1.54, 1.807) is 7.11 Å². The minimum absolute atomic E-state index is 0.0854. The Bertz CT molecular complexity index is 787. The fraction of sp³-hybridized carbons (Fsp3) is 0.739. The van der Waals surface area contributed by atoms with E-state index in [4.69, 9.17) is 14.7 Å². The van der Waals surface area contributed by atoms with Gasteiger partial charge in [-0.3, -0.25) is 9.59 Å². The number of aromatic nitrogens is 2. The molecule has 1 aliphatic carbocycles. The van der Waals surface area contributed by atoms with Crippen LogP contribution in [0, 0.1) is 5.92 Å². The maximum atomic E-state index is 12.7. The molecule has 31 heavy (non-hydrogen) atoms. The predicted molar refractivity (Wildman–Crippen MR) is 118 cm³/mol. The number of nitrogens with one attached hydrogen (secondary N) is 1. The van der Waals surface area contributed by atoms with Crippen molar-refractivity contribution in [1.82, 2.24) is 19.8 Å². The fourth-order valence-corrected chi connectivity index (χ4v) is 5.18. The maximum Gasteiger partial charge on any atom is 0.225 e. The van der Waals surface area contributed by atoms with E-state index < -0.39 is 0 Å². The van der Waals surface area contributed by atoms with E-state index in [0.717, 1.165) is 56.1 Å². The third-order valence-corrected chi connectivity index (χ3v) is 7.09. The topological polar surface area (TPSA) is 87.7 Å². The molecule has 1 atom stereocenters. The van der Waals surface area contributed by atoms with Crippen molar-refractivity contribution < 1.29 is 14.3 Å². The zero-order chi connectivity index (χ0) is 21.8. The zero-order valence-corrected chi connectivity index (χ0v) is 18.8. The molecule has 1 aromatic heterocycles. The largest absolute Gasteiger partial charge is 0.383 e. The number of rotatable bonds is 7. The molecule has 0 bridgehead atoms. The number of nitrogens with zero attached hydrogens (tertiary/aromatic N) is 4. The van der Waals surface area contributed by atoms with E-state index in [1.807, 2.05) is 18.0 Å². The van der Waals surface area contributed by atoms with Gasteiger partial charge in [0.15, 0.2) is 0 Å². The van der Waals surface area contributed by atoms with Gasteiger partial charge in [-0.1, -0.05) is 12.8 Å². The molecule has 2 aliphatic heterocycles. The van der Waals surface area contributed by atoms with Crippen LogP contribution in [-0.2, 0) is 14.3 Å². The van der Waals surface area contributed by atoms with Gasteiger partial charge in [0.1, 0.15) is 11.6 Å². The monoisotopic (exact) mass is 429 g/mol. The van der Waals surface area contributed by atoms with Gasteiger partial charge in [-0.25, -0.2) is 9.97 Å². The summed E-state index contributed by atoms with van der Waals surface area (Å²) in [6, 6.07) is 1.97. The molecule has 3 fully saturated rings. The Morgan fingerprint density at radius 3 is 2.58 bits per heavy atom. The lowest BCUT2D eigenvalue weighted by Crippen LogP contribution is -2.41. The van der Waals surface area contributed by atoms with Gasteiger partial charge < -0.3 is 19.9 Å². The number of amides is 2. The first-order chi connectivity index (χ1) is 15.1. The van der Waals surface area contributed by atoms with Gasteiger partial charge >= 0.3 is 0 Å². The van der Waals surface area contributed by atoms with Crippen LogP contribution < -0.4 is 5.32 Å². The predicted octanol–water partition coefficient (Wildman–Crippen LogP) is 2.38. The van der Waals surface area contributed by atoms with Crippen molar-refractivity contribution in [3.05, 3.63) is 17.6 Å². The Morgan fingerprint density at radius 1 is 1.16 bits per heavy atom. The van der Waals surface area contributed by atoms with Gasteiger partial charge in [0, 0.05) is 70.6 Å². The van der Waals surface area contributed by atoms with Crippen molar-refractivity contribution in [2.45, 2.75) is 56.8 Å². The molecule has 3 aliphatic rings. The second-order valence-corrected chi connectivity index (χ2v) is 9.10. The molecule has 0 spiro atoms. The standard InChI is InChI=1S/C23H35N5O3/c1-24-20-14-19(18-13-21(29)28(15-18)11-12-31-2)25-22(26-20)16-7-9-27(10-8-16)23(30)17-5-3-4-6-17/h14,16-18H,3-13,15H2,1-2H3,(H,24,25,26)/t18-/m0/s1. The van der Waals surface area contributed by atoms with Crippen molar-refractivity contribution in [3.63, 3.8) is 0 Å². The number of carbonyl (C=O) groups excluding carboxylic acids is 2. The van der Waals surface area contributed by atoms with E-state index >= 15 is 0 Å². The summed E-state index contributed by atoms with van der Waals surface area (Å²) in [5.41, 5.74) is 0.937. The van der Waals surface area contributed by atoms with E-state index in [9.17, 15) is 9.59 Å². The number of methoxy groups -OCH3 is 1. The van der Waals surface area contributed by atoms with Crippen molar-refractivity contribution in [2.24, 2.45) is 5.92 Å². The first-order valence-corrected chi connectivity index (χ1v) is 11.7. The molecule has 3 heterocycles. The average molecular weight is 430 g/mol. The quantitative estimate of drug-likeness (QED) is 0.716. The van der Waals surface area contributed by atoms with Crippen molar-refractivity contribution in [3.8, 4) is 0 Å². The molecule has 0 unspecified atom stereocenters. The summed E-state index contributed by atoms with van der Waals surface area (Å²) in [7, 11) is 3.52. The van der Waals surface area contributed by atoms with Gasteiger partial charge in [-0.2, -0.15) is 0 Å². The van der Waals surface area contributed by atoms with Crippen LogP contribution in [0.1, 0.15) is 68.3 Å². The van der Waals surface area contributed by atoms with Gasteiger partial charge in [0.05, 0.1) is 12.3 Å². The molecule has 2 amide bonds. The molecule has 8 nitrogen and oxygen atoms in total. The third kappa shape index (κ3) is 5.00. The molecular formula is C23H35N5O3. The summed E-state index contributed by atoms with van der Waals surface area (Å²) in [6.45, 7) is 3.42. The van der Waals surface area contributed by atoms with Crippen LogP contribution in [0.3, 0.4) is 0 Å². The lowest BCUT2D eigenvalue weighted by Gasteiger charge is -2.33. The fourth-order valence-electron chi connectivity index (χ4n) is 5.18. The van der Waals surface area contributed by atoms with Crippen LogP contribution in [0.5, 0.6) is 0 Å². The summed E-state index contributed by atoms with van der Waals surface area (Å²) < 4.78 is 5.13. The normalized spacial score (nSPS) is 23.0. The third-order valence-electron chi connectivity index (χ3n) is 7.09. The molecule has 4 rings (SSSR count). The number of hydrogen-bond acceptors (Lipinski definition) is 6. The smallest absolute Gasteiger partial charge is 0.225 e. The molecule has 1 saturated carbocycles. The second kappa shape index (κ2) is 9.94. The van der Waals surface area contributed by atoms with Crippen LogP contribution in [0.15, 0.2) is 6.07 Å². The first-order valence-electron chi connectivity index (χ1n) is 11.7. The van der Waals surface area contributed by atoms with Gasteiger partial charge in [0.2, 0.25) is 11.8 Å². The average Bonchev–Trinajstić information content (AvgIpc) is 3.47. The van der Waals surface area contributed by atoms with Crippen molar-refractivity contribution >= 4 is 17.6 Å². The summed E-state index contributed by atoms with van der Waals surface area (Å²) in [6.07, 6.45) is 6.76. The minimum atomic E-state index is 0.0854. The lowest BCUT2D eigenvalue weighted by atomic mass is 9.94. The number of hydrogen-bond donors (Lipinski definition) is 1. The Hall–Kier alpha value is -2.22. The van der Waals surface area contributed by atoms with Gasteiger partial charge in [0.25, 0.3) is 0 Å². The van der Waals surface area contributed by atoms with E-state index in [2.05, 4.69) is 10.2 Å². The number of anilines is 1. The Morgan fingerprint density at radius 2 is 1.90 bits per heavy atom. The molecule has 0 radical (unpaired) electrons. The summed E-state index contributed by atoms with van der Waals surface area (Å²) >= 11 is 0. The highest BCUT2D eigenvalue weighted by atomic mass is 16.5. The lowest BCUT2D eigenvalue weighted by molar-refractivity contribution is -0.136. The second-order valence-electron chi connectivity index (χ2n) is 9.10. The SMILES string of the molecule is CNc1cc([C@H]2CC(=O)N(CCOC)C2)nc(C2CCN(C(=O)C3CCCC3)CC2)n1. The highest BCUT2D eigenvalue weighted by molar-refractivity contribution is 5.80. The van der Waals surface area contributed by atoms with E-state index in [0.29, 0.717) is 32.0 Å². The van der Waals surface area contributed by atoms with Crippen LogP contribution in [0.4, 0.5) is 5.82 Å². The molecule has 0 aromatic carbocycles. The molecular weight excluding hydrogens is 394 g/mol. The number of carbonyl (C=O) groups is 2. The Balaban J connectivity index is 1.42. The number of likely N-dealkylation sites (tertiary alicyclic amines) is 2. The van der Waals surface area contributed by atoms with Gasteiger partial charge in [-0.15, -0.1) is 0 Å². The van der Waals surface area contributed by atoms with Crippen LogP contribution in [0.2, 0.25) is 0 Å². The van der Waals surface area contributed by atoms with Crippen LogP contribution in [-0.4, -0.2) is 78.5 Å². The molecule has 1 aromatic rings. The first kappa shape index (κ1) is 22.0. The van der Waals surface area contributed by atoms with E-state index in [1.165, 1.54) is 12.8 Å². The van der Waals surface area contributed by atoms with Crippen LogP contribution >= 0.6 is 0 Å². The molecule has 1 N–H and O–H groups in total. The summed E-state index contributed by atoms with van der Waals surface area (Å²) in [4.78, 5) is 38.7.